The number of aromatic nitrogens is 4. The minimum absolute atomic E-state index is 0.0218. The fourth-order valence-electron chi connectivity index (χ4n) is 4.17. The number of aliphatic hydroxyl groups is 1. The fraction of sp³-hybridized carbons (Fsp3) is 0.0741. The summed E-state index contributed by atoms with van der Waals surface area (Å²) in [6, 6.07) is 19.1. The van der Waals surface area contributed by atoms with Crippen LogP contribution in [0.3, 0.4) is 0 Å². The van der Waals surface area contributed by atoms with Gasteiger partial charge in [0.1, 0.15) is 5.82 Å². The number of carbonyl (C=O) groups excluding carboxylic acids is 2. The summed E-state index contributed by atoms with van der Waals surface area (Å²) in [5, 5.41) is 23.7. The van der Waals surface area contributed by atoms with E-state index in [1.165, 1.54) is 6.07 Å². The molecule has 0 atom stereocenters. The van der Waals surface area contributed by atoms with Crippen molar-refractivity contribution in [3.05, 3.63) is 90.0 Å². The lowest BCUT2D eigenvalue weighted by Gasteiger charge is -2.14. The van der Waals surface area contributed by atoms with Crippen molar-refractivity contribution in [1.29, 1.82) is 0 Å². The molecule has 5 rings (SSSR count). The molecule has 0 saturated carbocycles. The molecule has 196 valence electrons. The van der Waals surface area contributed by atoms with Gasteiger partial charge in [-0.15, -0.1) is 10.2 Å². The molecule has 12 heteroatoms. The first-order chi connectivity index (χ1) is 18.8. The van der Waals surface area contributed by atoms with Crippen LogP contribution < -0.4 is 22.1 Å². The van der Waals surface area contributed by atoms with Crippen molar-refractivity contribution < 1.29 is 19.1 Å². The second-order valence-electron chi connectivity index (χ2n) is 8.59. The van der Waals surface area contributed by atoms with Crippen LogP contribution >= 0.6 is 0 Å². The molecule has 0 spiro atoms. The lowest BCUT2D eigenvalue weighted by atomic mass is 10.0. The van der Waals surface area contributed by atoms with Crippen LogP contribution in [-0.4, -0.2) is 43.2 Å². The van der Waals surface area contributed by atoms with Crippen LogP contribution in [-0.2, 0) is 11.4 Å². The number of benzene rings is 3. The van der Waals surface area contributed by atoms with E-state index in [9.17, 15) is 19.1 Å². The average molecular weight is 527 g/mol. The highest BCUT2D eigenvalue weighted by Crippen LogP contribution is 2.36. The van der Waals surface area contributed by atoms with Gasteiger partial charge in [0, 0.05) is 28.5 Å². The summed E-state index contributed by atoms with van der Waals surface area (Å²) in [5.41, 5.74) is 14.1. The Hall–Kier alpha value is -5.36. The molecule has 2 heterocycles. The molecule has 0 fully saturated rings. The van der Waals surface area contributed by atoms with Crippen molar-refractivity contribution in [2.24, 2.45) is 11.5 Å². The zero-order chi connectivity index (χ0) is 27.5. The maximum atomic E-state index is 14.9. The molecule has 0 unspecified atom stereocenters. The van der Waals surface area contributed by atoms with E-state index >= 15 is 0 Å². The minimum Gasteiger partial charge on any atom is -0.392 e. The number of aliphatic hydroxyl groups excluding tert-OH is 1. The van der Waals surface area contributed by atoms with Gasteiger partial charge >= 0.3 is 0 Å². The lowest BCUT2D eigenvalue weighted by Crippen LogP contribution is -2.24. The van der Waals surface area contributed by atoms with Crippen molar-refractivity contribution in [3.63, 3.8) is 0 Å². The summed E-state index contributed by atoms with van der Waals surface area (Å²) in [6.07, 6.45) is 1.84. The largest absolute Gasteiger partial charge is 0.392 e. The molecule has 0 aliphatic heterocycles. The van der Waals surface area contributed by atoms with Crippen molar-refractivity contribution >= 4 is 40.2 Å². The molecular formula is C27H23FN8O3. The molecule has 2 amide bonds. The Morgan fingerprint density at radius 3 is 2.56 bits per heavy atom. The smallest absolute Gasteiger partial charge is 0.273 e. The third-order valence-corrected chi connectivity index (χ3v) is 5.96. The van der Waals surface area contributed by atoms with E-state index in [-0.39, 0.29) is 30.6 Å². The van der Waals surface area contributed by atoms with Crippen LogP contribution in [0, 0.1) is 5.82 Å². The van der Waals surface area contributed by atoms with Gasteiger partial charge in [-0.1, -0.05) is 30.3 Å². The summed E-state index contributed by atoms with van der Waals surface area (Å²) in [6.45, 7) is -0.372. The quantitative estimate of drug-likeness (QED) is 0.195. The zero-order valence-corrected chi connectivity index (χ0v) is 20.4. The minimum atomic E-state index is -0.876. The Labute approximate surface area is 221 Å². The second kappa shape index (κ2) is 10.6. The Kier molecular flexibility index (Phi) is 6.85. The molecule has 0 bridgehead atoms. The number of anilines is 3. The average Bonchev–Trinajstić information content (AvgIpc) is 3.36. The molecule has 7 N–H and O–H groups in total. The summed E-state index contributed by atoms with van der Waals surface area (Å²) in [7, 11) is 0. The fourth-order valence-corrected chi connectivity index (χ4v) is 4.17. The van der Waals surface area contributed by atoms with Crippen molar-refractivity contribution in [2.75, 3.05) is 17.2 Å². The van der Waals surface area contributed by atoms with Gasteiger partial charge in [-0.3, -0.25) is 9.59 Å². The predicted molar refractivity (Wildman–Crippen MR) is 144 cm³/mol. The van der Waals surface area contributed by atoms with Crippen molar-refractivity contribution in [2.45, 2.75) is 6.61 Å². The summed E-state index contributed by atoms with van der Waals surface area (Å²) in [4.78, 5) is 27.5. The van der Waals surface area contributed by atoms with E-state index in [0.29, 0.717) is 27.7 Å². The van der Waals surface area contributed by atoms with E-state index in [2.05, 4.69) is 25.8 Å². The first kappa shape index (κ1) is 25.3. The maximum absolute atomic E-state index is 14.9. The highest BCUT2D eigenvalue weighted by Gasteiger charge is 2.18. The number of nitrogens with one attached hydrogen (secondary N) is 2. The number of halogens is 1. The molecule has 5 aromatic rings. The Balaban J connectivity index is 1.69. The van der Waals surface area contributed by atoms with Gasteiger partial charge < -0.3 is 31.8 Å². The third-order valence-electron chi connectivity index (χ3n) is 5.96. The molecule has 0 saturated heterocycles. The first-order valence-electron chi connectivity index (χ1n) is 11.8. The van der Waals surface area contributed by atoms with Gasteiger partial charge in [0.05, 0.1) is 18.7 Å². The Bertz CT molecular complexity index is 1720. The number of nitrogens with two attached hydrogens (primary N) is 2. The van der Waals surface area contributed by atoms with Crippen molar-refractivity contribution in [3.8, 4) is 16.8 Å². The van der Waals surface area contributed by atoms with Gasteiger partial charge in [-0.2, -0.15) is 4.98 Å². The normalized spacial score (nSPS) is 10.9. The summed E-state index contributed by atoms with van der Waals surface area (Å²) >= 11 is 0. The van der Waals surface area contributed by atoms with Gasteiger partial charge in [0.25, 0.3) is 5.91 Å². The topological polar surface area (TPSA) is 174 Å². The highest BCUT2D eigenvalue weighted by atomic mass is 19.1. The summed E-state index contributed by atoms with van der Waals surface area (Å²) < 4.78 is 16.8. The van der Waals surface area contributed by atoms with Crippen LogP contribution in [0.1, 0.15) is 16.1 Å². The highest BCUT2D eigenvalue weighted by molar-refractivity contribution is 6.01. The van der Waals surface area contributed by atoms with Crippen LogP contribution in [0.25, 0.3) is 27.7 Å². The van der Waals surface area contributed by atoms with E-state index in [1.54, 1.807) is 24.3 Å². The van der Waals surface area contributed by atoms with Gasteiger partial charge in [-0.05, 0) is 47.5 Å². The Morgan fingerprint density at radius 1 is 1.00 bits per heavy atom. The standard InChI is InChI=1S/C27H23FN8O3/c28-20-7-2-1-6-18(20)16-11-21(32-26-24(25(30)39)34-35-27(33-26)31-13-23(29)38)19-8-9-36(22(19)12-16)17-5-3-4-15(10-17)14-37/h1-12,37H,13-14H2,(H2,29,38)(H2,30,39)(H2,31,32,33,35). The van der Waals surface area contributed by atoms with Crippen LogP contribution in [0.15, 0.2) is 72.9 Å². The number of amides is 2. The molecule has 0 aliphatic carbocycles. The van der Waals surface area contributed by atoms with E-state index in [0.717, 1.165) is 11.3 Å². The molecule has 0 radical (unpaired) electrons. The van der Waals surface area contributed by atoms with Crippen LogP contribution in [0.4, 0.5) is 21.8 Å². The summed E-state index contributed by atoms with van der Waals surface area (Å²) in [5.74, 6) is -2.01. The van der Waals surface area contributed by atoms with Crippen LogP contribution in [0.5, 0.6) is 0 Å². The lowest BCUT2D eigenvalue weighted by molar-refractivity contribution is -0.116. The Morgan fingerprint density at radius 2 is 1.82 bits per heavy atom. The number of fused-ring (bicyclic) bond motifs is 1. The van der Waals surface area contributed by atoms with Gasteiger partial charge in [0.2, 0.25) is 11.9 Å². The van der Waals surface area contributed by atoms with E-state index in [4.69, 9.17) is 11.5 Å². The molecular weight excluding hydrogens is 503 g/mol. The van der Waals surface area contributed by atoms with E-state index < -0.39 is 17.6 Å². The molecule has 11 nitrogen and oxygen atoms in total. The van der Waals surface area contributed by atoms with Crippen LogP contribution in [0.2, 0.25) is 0 Å². The predicted octanol–water partition coefficient (Wildman–Crippen LogP) is 2.85. The zero-order valence-electron chi connectivity index (χ0n) is 20.4. The number of carbonyl (C=O) groups is 2. The van der Waals surface area contributed by atoms with E-state index in [1.807, 2.05) is 47.2 Å². The number of hydrogen-bond donors (Lipinski definition) is 5. The second-order valence-corrected chi connectivity index (χ2v) is 8.59. The number of nitrogens with zero attached hydrogens (tertiary/aromatic N) is 4. The number of primary amides is 2. The number of rotatable bonds is 9. The van der Waals surface area contributed by atoms with Crippen molar-refractivity contribution in [1.82, 2.24) is 19.7 Å². The molecule has 39 heavy (non-hydrogen) atoms. The third kappa shape index (κ3) is 5.22. The van der Waals surface area contributed by atoms with Gasteiger partial charge in [0.15, 0.2) is 11.5 Å². The molecule has 2 aromatic heterocycles. The number of hydrogen-bond acceptors (Lipinski definition) is 8. The van der Waals surface area contributed by atoms with Gasteiger partial charge in [-0.25, -0.2) is 4.39 Å². The molecule has 0 aliphatic rings. The SMILES string of the molecule is NC(=O)CNc1nnc(C(N)=O)c(Nc2cc(-c3ccccc3F)cc3c2ccn3-c2cccc(CO)c2)n1. The first-order valence-corrected chi connectivity index (χ1v) is 11.8. The monoisotopic (exact) mass is 526 g/mol. The molecule has 3 aromatic carbocycles. The maximum Gasteiger partial charge on any atom is 0.273 e.